The van der Waals surface area contributed by atoms with Crippen LogP contribution in [0.1, 0.15) is 33.4 Å². The van der Waals surface area contributed by atoms with Crippen molar-refractivity contribution in [3.63, 3.8) is 0 Å². The summed E-state index contributed by atoms with van der Waals surface area (Å²) in [6, 6.07) is 35.5. The van der Waals surface area contributed by atoms with Gasteiger partial charge in [-0.3, -0.25) is 0 Å². The number of hydrogen-bond acceptors (Lipinski definition) is 0. The van der Waals surface area contributed by atoms with Crippen LogP contribution in [0.3, 0.4) is 0 Å². The maximum Gasteiger partial charge on any atom is -0.0146 e. The topological polar surface area (TPSA) is 0 Å². The highest BCUT2D eigenvalue weighted by Crippen LogP contribution is 2.31. The Morgan fingerprint density at radius 2 is 0.833 bits per heavy atom. The average molecular weight is 391 g/mol. The van der Waals surface area contributed by atoms with Gasteiger partial charge in [0.2, 0.25) is 0 Å². The molecule has 0 saturated carbocycles. The highest BCUT2D eigenvalue weighted by Gasteiger charge is 2.11. The summed E-state index contributed by atoms with van der Waals surface area (Å²) in [7, 11) is 0. The summed E-state index contributed by atoms with van der Waals surface area (Å²) >= 11 is 0. The zero-order chi connectivity index (χ0) is 20.8. The molecule has 0 fully saturated rings. The minimum absolute atomic E-state index is 1.06. The van der Waals surface area contributed by atoms with Crippen LogP contribution in [-0.2, 0) is 25.7 Å². The van der Waals surface area contributed by atoms with Crippen molar-refractivity contribution in [3.05, 3.63) is 130 Å². The fourth-order valence-electron chi connectivity index (χ4n) is 4.17. The van der Waals surface area contributed by atoms with E-state index in [0.29, 0.717) is 0 Å². The summed E-state index contributed by atoms with van der Waals surface area (Å²) < 4.78 is 0. The van der Waals surface area contributed by atoms with Crippen LogP contribution in [0.25, 0.3) is 11.1 Å². The molecule has 4 aromatic rings. The van der Waals surface area contributed by atoms with E-state index in [1.54, 1.807) is 0 Å². The molecule has 0 atom stereocenters. The fraction of sp³-hybridized carbons (Fsp3) is 0.200. The third-order valence-electron chi connectivity index (χ3n) is 5.87. The molecule has 0 nitrogen and oxygen atoms in total. The molecular formula is C30H30. The third-order valence-corrected chi connectivity index (χ3v) is 5.87. The van der Waals surface area contributed by atoms with Crippen LogP contribution in [0, 0.1) is 13.8 Å². The zero-order valence-electron chi connectivity index (χ0n) is 18.1. The number of benzene rings is 4. The van der Waals surface area contributed by atoms with Gasteiger partial charge in [-0.25, -0.2) is 0 Å². The Hall–Kier alpha value is -3.12. The van der Waals surface area contributed by atoms with Crippen LogP contribution < -0.4 is 0 Å². The first kappa shape index (κ1) is 20.2. The van der Waals surface area contributed by atoms with Gasteiger partial charge in [-0.2, -0.15) is 0 Å². The van der Waals surface area contributed by atoms with E-state index in [4.69, 9.17) is 0 Å². The molecule has 0 unspecified atom stereocenters. The van der Waals surface area contributed by atoms with Crippen molar-refractivity contribution in [3.8, 4) is 11.1 Å². The van der Waals surface area contributed by atoms with E-state index in [-0.39, 0.29) is 0 Å². The first-order valence-corrected chi connectivity index (χ1v) is 11.0. The molecule has 0 aliphatic heterocycles. The molecule has 0 spiro atoms. The van der Waals surface area contributed by atoms with E-state index in [0.717, 1.165) is 25.7 Å². The standard InChI is InChI=1S/C30H30/c1-23-13-17-27(19-15-25-9-5-3-6-10-25)29(21-23)30-22-24(2)14-18-28(30)20-16-26-11-7-4-8-12-26/h3-14,17-18,21-22H,15-16,19-20H2,1-2H3. The molecule has 0 bridgehead atoms. The van der Waals surface area contributed by atoms with Crippen LogP contribution >= 0.6 is 0 Å². The third kappa shape index (κ3) is 5.07. The lowest BCUT2D eigenvalue weighted by atomic mass is 9.88. The van der Waals surface area contributed by atoms with Gasteiger partial charge in [0, 0.05) is 0 Å². The Morgan fingerprint density at radius 3 is 1.23 bits per heavy atom. The molecule has 30 heavy (non-hydrogen) atoms. The average Bonchev–Trinajstić information content (AvgIpc) is 2.79. The molecular weight excluding hydrogens is 360 g/mol. The molecule has 0 aliphatic carbocycles. The quantitative estimate of drug-likeness (QED) is 0.306. The number of aryl methyl sites for hydroxylation is 6. The Labute approximate surface area is 181 Å². The van der Waals surface area contributed by atoms with E-state index in [2.05, 4.69) is 111 Å². The predicted octanol–water partition coefficient (Wildman–Crippen LogP) is 7.54. The van der Waals surface area contributed by atoms with Crippen molar-refractivity contribution in [1.29, 1.82) is 0 Å². The van der Waals surface area contributed by atoms with Crippen molar-refractivity contribution in [2.24, 2.45) is 0 Å². The Bertz CT molecular complexity index is 1000. The fourth-order valence-corrected chi connectivity index (χ4v) is 4.17. The highest BCUT2D eigenvalue weighted by atomic mass is 14.2. The van der Waals surface area contributed by atoms with Crippen molar-refractivity contribution in [2.75, 3.05) is 0 Å². The van der Waals surface area contributed by atoms with Crippen LogP contribution in [0.2, 0.25) is 0 Å². The minimum Gasteiger partial charge on any atom is -0.0622 e. The van der Waals surface area contributed by atoms with Gasteiger partial charge in [-0.05, 0) is 72.9 Å². The van der Waals surface area contributed by atoms with Gasteiger partial charge in [-0.15, -0.1) is 0 Å². The summed E-state index contributed by atoms with van der Waals surface area (Å²) in [6.07, 6.45) is 4.27. The summed E-state index contributed by atoms with van der Waals surface area (Å²) in [6.45, 7) is 4.40. The first-order chi connectivity index (χ1) is 14.7. The van der Waals surface area contributed by atoms with Gasteiger partial charge in [0.1, 0.15) is 0 Å². The second kappa shape index (κ2) is 9.59. The minimum atomic E-state index is 1.06. The lowest BCUT2D eigenvalue weighted by Gasteiger charge is -2.16. The van der Waals surface area contributed by atoms with Gasteiger partial charge in [0.05, 0.1) is 0 Å². The Kier molecular flexibility index (Phi) is 6.44. The van der Waals surface area contributed by atoms with Crippen molar-refractivity contribution >= 4 is 0 Å². The molecule has 0 aliphatic rings. The van der Waals surface area contributed by atoms with E-state index in [1.165, 1.54) is 44.5 Å². The first-order valence-electron chi connectivity index (χ1n) is 11.0. The van der Waals surface area contributed by atoms with E-state index in [1.807, 2.05) is 0 Å². The molecule has 150 valence electrons. The van der Waals surface area contributed by atoms with Gasteiger partial charge < -0.3 is 0 Å². The van der Waals surface area contributed by atoms with Crippen LogP contribution in [0.4, 0.5) is 0 Å². The van der Waals surface area contributed by atoms with E-state index < -0.39 is 0 Å². The van der Waals surface area contributed by atoms with Crippen molar-refractivity contribution < 1.29 is 0 Å². The molecule has 0 amide bonds. The highest BCUT2D eigenvalue weighted by molar-refractivity contribution is 5.72. The summed E-state index contributed by atoms with van der Waals surface area (Å²) in [5.41, 5.74) is 11.1. The zero-order valence-corrected chi connectivity index (χ0v) is 18.1. The molecule has 0 saturated heterocycles. The van der Waals surface area contributed by atoms with Crippen LogP contribution in [0.15, 0.2) is 97.1 Å². The largest absolute Gasteiger partial charge is 0.0622 e. The Morgan fingerprint density at radius 1 is 0.433 bits per heavy atom. The second-order valence-electron chi connectivity index (χ2n) is 8.29. The van der Waals surface area contributed by atoms with Crippen molar-refractivity contribution in [1.82, 2.24) is 0 Å². The van der Waals surface area contributed by atoms with Gasteiger partial charge >= 0.3 is 0 Å². The molecule has 0 aromatic heterocycles. The van der Waals surface area contributed by atoms with Crippen LogP contribution in [0.5, 0.6) is 0 Å². The summed E-state index contributed by atoms with van der Waals surface area (Å²) in [5.74, 6) is 0. The lowest BCUT2D eigenvalue weighted by Crippen LogP contribution is -2.00. The Balaban J connectivity index is 1.65. The maximum absolute atomic E-state index is 2.38. The molecule has 0 radical (unpaired) electrons. The molecule has 0 heteroatoms. The molecule has 0 N–H and O–H groups in total. The molecule has 4 aromatic carbocycles. The van der Waals surface area contributed by atoms with Crippen LogP contribution in [-0.4, -0.2) is 0 Å². The molecule has 4 rings (SSSR count). The summed E-state index contributed by atoms with van der Waals surface area (Å²) in [4.78, 5) is 0. The number of hydrogen-bond donors (Lipinski definition) is 0. The normalized spacial score (nSPS) is 10.9. The monoisotopic (exact) mass is 390 g/mol. The van der Waals surface area contributed by atoms with Gasteiger partial charge in [0.15, 0.2) is 0 Å². The summed E-state index contributed by atoms with van der Waals surface area (Å²) in [5, 5.41) is 0. The smallest absolute Gasteiger partial charge is 0.0146 e. The predicted molar refractivity (Wildman–Crippen MR) is 129 cm³/mol. The van der Waals surface area contributed by atoms with Gasteiger partial charge in [0.25, 0.3) is 0 Å². The SMILES string of the molecule is Cc1ccc(CCc2ccccc2)c(-c2cc(C)ccc2CCc2ccccc2)c1. The number of rotatable bonds is 7. The van der Waals surface area contributed by atoms with E-state index in [9.17, 15) is 0 Å². The maximum atomic E-state index is 2.38. The second-order valence-corrected chi connectivity index (χ2v) is 8.29. The van der Waals surface area contributed by atoms with E-state index >= 15 is 0 Å². The van der Waals surface area contributed by atoms with Crippen molar-refractivity contribution in [2.45, 2.75) is 39.5 Å². The lowest BCUT2D eigenvalue weighted by molar-refractivity contribution is 0.949. The molecule has 0 heterocycles. The van der Waals surface area contributed by atoms with Gasteiger partial charge in [-0.1, -0.05) is 108 Å².